The van der Waals surface area contributed by atoms with Gasteiger partial charge in [0.15, 0.2) is 6.04 Å². The van der Waals surface area contributed by atoms with Gasteiger partial charge in [0.2, 0.25) is 5.91 Å². The van der Waals surface area contributed by atoms with Crippen LogP contribution in [0.2, 0.25) is 0 Å². The molecule has 0 fully saturated rings. The zero-order valence-electron chi connectivity index (χ0n) is 12.0. The molecule has 6 heteroatoms. The van der Waals surface area contributed by atoms with Gasteiger partial charge in [0.25, 0.3) is 0 Å². The Bertz CT molecular complexity index is 528. The molecule has 0 aliphatic carbocycles. The Kier molecular flexibility index (Phi) is 4.93. The SMILES string of the molecule is COC(CN)CC(=O)N1CCc2ccccc2C1C(=O)O. The lowest BCUT2D eigenvalue weighted by atomic mass is 9.92. The van der Waals surface area contributed by atoms with E-state index in [1.54, 1.807) is 12.1 Å². The fourth-order valence-corrected chi connectivity index (χ4v) is 2.68. The van der Waals surface area contributed by atoms with Crippen molar-refractivity contribution in [3.8, 4) is 0 Å². The van der Waals surface area contributed by atoms with Crippen molar-refractivity contribution in [1.82, 2.24) is 4.90 Å². The van der Waals surface area contributed by atoms with Crippen molar-refractivity contribution in [2.24, 2.45) is 5.73 Å². The number of amides is 1. The molecule has 1 amide bonds. The van der Waals surface area contributed by atoms with Crippen LogP contribution in [-0.4, -0.2) is 48.2 Å². The van der Waals surface area contributed by atoms with E-state index in [9.17, 15) is 14.7 Å². The van der Waals surface area contributed by atoms with Crippen LogP contribution in [0, 0.1) is 0 Å². The minimum absolute atomic E-state index is 0.0962. The summed E-state index contributed by atoms with van der Waals surface area (Å²) in [6, 6.07) is 6.41. The van der Waals surface area contributed by atoms with Crippen LogP contribution in [0.4, 0.5) is 0 Å². The molecule has 0 saturated heterocycles. The van der Waals surface area contributed by atoms with Crippen LogP contribution in [0.1, 0.15) is 23.6 Å². The molecule has 1 aromatic rings. The van der Waals surface area contributed by atoms with Gasteiger partial charge in [-0.2, -0.15) is 0 Å². The molecule has 1 heterocycles. The van der Waals surface area contributed by atoms with Gasteiger partial charge >= 0.3 is 5.97 Å². The first kappa shape index (κ1) is 15.5. The largest absolute Gasteiger partial charge is 0.479 e. The number of nitrogens with zero attached hydrogens (tertiary/aromatic N) is 1. The lowest BCUT2D eigenvalue weighted by molar-refractivity contribution is -0.152. The molecule has 21 heavy (non-hydrogen) atoms. The summed E-state index contributed by atoms with van der Waals surface area (Å²) in [7, 11) is 1.49. The Labute approximate surface area is 123 Å². The Morgan fingerprint density at radius 1 is 1.48 bits per heavy atom. The molecule has 0 aromatic heterocycles. The van der Waals surface area contributed by atoms with Gasteiger partial charge in [0, 0.05) is 20.2 Å². The minimum Gasteiger partial charge on any atom is -0.479 e. The molecule has 1 aliphatic heterocycles. The summed E-state index contributed by atoms with van der Waals surface area (Å²) in [6.07, 6.45) is 0.370. The number of ether oxygens (including phenoxy) is 1. The Morgan fingerprint density at radius 3 is 2.81 bits per heavy atom. The summed E-state index contributed by atoms with van der Waals surface area (Å²) < 4.78 is 5.11. The molecule has 0 bridgehead atoms. The molecule has 3 N–H and O–H groups in total. The highest BCUT2D eigenvalue weighted by Gasteiger charge is 2.36. The molecule has 6 nitrogen and oxygen atoms in total. The fourth-order valence-electron chi connectivity index (χ4n) is 2.68. The van der Waals surface area contributed by atoms with E-state index in [4.69, 9.17) is 10.5 Å². The predicted octanol–water partition coefficient (Wildman–Crippen LogP) is 0.561. The fraction of sp³-hybridized carbons (Fsp3) is 0.467. The summed E-state index contributed by atoms with van der Waals surface area (Å²) in [5, 5.41) is 9.50. The van der Waals surface area contributed by atoms with Gasteiger partial charge in [-0.15, -0.1) is 0 Å². The smallest absolute Gasteiger partial charge is 0.331 e. The number of nitrogens with two attached hydrogens (primary N) is 1. The van der Waals surface area contributed by atoms with E-state index in [0.717, 1.165) is 5.56 Å². The first-order valence-corrected chi connectivity index (χ1v) is 6.91. The van der Waals surface area contributed by atoms with Gasteiger partial charge in [0.05, 0.1) is 12.5 Å². The number of fused-ring (bicyclic) bond motifs is 1. The van der Waals surface area contributed by atoms with Crippen LogP contribution in [0.15, 0.2) is 24.3 Å². The van der Waals surface area contributed by atoms with Gasteiger partial charge < -0.3 is 20.5 Å². The lowest BCUT2D eigenvalue weighted by Gasteiger charge is -2.35. The second-order valence-corrected chi connectivity index (χ2v) is 5.07. The average Bonchev–Trinajstić information content (AvgIpc) is 2.50. The predicted molar refractivity (Wildman–Crippen MR) is 76.7 cm³/mol. The summed E-state index contributed by atoms with van der Waals surface area (Å²) in [5.74, 6) is -1.26. The molecule has 1 aliphatic rings. The molecule has 0 radical (unpaired) electrons. The molecule has 2 unspecified atom stereocenters. The number of rotatable bonds is 5. The first-order chi connectivity index (χ1) is 10.1. The number of hydrogen-bond donors (Lipinski definition) is 2. The number of carboxylic acids is 1. The molecule has 1 aromatic carbocycles. The summed E-state index contributed by atoms with van der Waals surface area (Å²) in [4.78, 5) is 25.4. The molecule has 0 spiro atoms. The van der Waals surface area contributed by atoms with E-state index >= 15 is 0 Å². The number of carbonyl (C=O) groups excluding carboxylic acids is 1. The van der Waals surface area contributed by atoms with Crippen molar-refractivity contribution in [2.45, 2.75) is 25.0 Å². The summed E-state index contributed by atoms with van der Waals surface area (Å²) in [6.45, 7) is 0.623. The summed E-state index contributed by atoms with van der Waals surface area (Å²) >= 11 is 0. The maximum atomic E-state index is 12.4. The van der Waals surface area contributed by atoms with Crippen LogP contribution >= 0.6 is 0 Å². The van der Waals surface area contributed by atoms with Crippen LogP contribution in [-0.2, 0) is 20.7 Å². The molecule has 2 rings (SSSR count). The molecule has 2 atom stereocenters. The van der Waals surface area contributed by atoms with Crippen molar-refractivity contribution in [2.75, 3.05) is 20.2 Å². The van der Waals surface area contributed by atoms with E-state index in [-0.39, 0.29) is 25.0 Å². The van der Waals surface area contributed by atoms with Crippen LogP contribution in [0.3, 0.4) is 0 Å². The number of hydrogen-bond acceptors (Lipinski definition) is 4. The van der Waals surface area contributed by atoms with Gasteiger partial charge in [-0.1, -0.05) is 24.3 Å². The van der Waals surface area contributed by atoms with Crippen LogP contribution in [0.5, 0.6) is 0 Å². The average molecular weight is 292 g/mol. The second-order valence-electron chi connectivity index (χ2n) is 5.07. The Morgan fingerprint density at radius 2 is 2.19 bits per heavy atom. The van der Waals surface area contributed by atoms with Crippen LogP contribution < -0.4 is 5.73 Å². The van der Waals surface area contributed by atoms with Crippen molar-refractivity contribution >= 4 is 11.9 Å². The molecule has 0 saturated carbocycles. The monoisotopic (exact) mass is 292 g/mol. The van der Waals surface area contributed by atoms with E-state index in [1.165, 1.54) is 12.0 Å². The molecular weight excluding hydrogens is 272 g/mol. The Hall–Kier alpha value is -1.92. The highest BCUT2D eigenvalue weighted by molar-refractivity contribution is 5.85. The number of aliphatic carboxylic acids is 1. The third-order valence-electron chi connectivity index (χ3n) is 3.84. The lowest BCUT2D eigenvalue weighted by Crippen LogP contribution is -2.45. The second kappa shape index (κ2) is 6.69. The number of methoxy groups -OCH3 is 1. The van der Waals surface area contributed by atoms with E-state index < -0.39 is 12.0 Å². The quantitative estimate of drug-likeness (QED) is 0.827. The third kappa shape index (κ3) is 3.22. The van der Waals surface area contributed by atoms with Crippen molar-refractivity contribution in [3.63, 3.8) is 0 Å². The van der Waals surface area contributed by atoms with Crippen molar-refractivity contribution in [1.29, 1.82) is 0 Å². The highest BCUT2D eigenvalue weighted by Crippen LogP contribution is 2.30. The molecule has 114 valence electrons. The summed E-state index contributed by atoms with van der Waals surface area (Å²) in [5.41, 5.74) is 7.19. The third-order valence-corrected chi connectivity index (χ3v) is 3.84. The maximum absolute atomic E-state index is 12.4. The van der Waals surface area contributed by atoms with Crippen molar-refractivity contribution < 1.29 is 19.4 Å². The number of carboxylic acid groups (broad SMARTS) is 1. The number of carbonyl (C=O) groups is 2. The highest BCUT2D eigenvalue weighted by atomic mass is 16.5. The Balaban J connectivity index is 2.24. The van der Waals surface area contributed by atoms with E-state index in [2.05, 4.69) is 0 Å². The number of benzene rings is 1. The van der Waals surface area contributed by atoms with Gasteiger partial charge in [-0.3, -0.25) is 4.79 Å². The van der Waals surface area contributed by atoms with Crippen LogP contribution in [0.25, 0.3) is 0 Å². The zero-order chi connectivity index (χ0) is 15.4. The normalized spacial score (nSPS) is 19.0. The van der Waals surface area contributed by atoms with Crippen molar-refractivity contribution in [3.05, 3.63) is 35.4 Å². The zero-order valence-corrected chi connectivity index (χ0v) is 12.0. The maximum Gasteiger partial charge on any atom is 0.331 e. The standard InChI is InChI=1S/C15H20N2O4/c1-21-11(9-16)8-13(18)17-7-6-10-4-2-3-5-12(10)14(17)15(19)20/h2-5,11,14H,6-9,16H2,1H3,(H,19,20). The topological polar surface area (TPSA) is 92.9 Å². The minimum atomic E-state index is -1.02. The molecular formula is C15H20N2O4. The van der Waals surface area contributed by atoms with Gasteiger partial charge in [-0.05, 0) is 17.5 Å². The first-order valence-electron chi connectivity index (χ1n) is 6.91. The van der Waals surface area contributed by atoms with E-state index in [1.807, 2.05) is 12.1 Å². The van der Waals surface area contributed by atoms with Gasteiger partial charge in [0.1, 0.15) is 0 Å². The van der Waals surface area contributed by atoms with Gasteiger partial charge in [-0.25, -0.2) is 4.79 Å². The van der Waals surface area contributed by atoms with E-state index in [0.29, 0.717) is 18.5 Å².